The number of nitrogen functional groups attached to an aromatic ring is 1. The lowest BCUT2D eigenvalue weighted by atomic mass is 10.1. The summed E-state index contributed by atoms with van der Waals surface area (Å²) in [7, 11) is 0. The Kier molecular flexibility index (Phi) is 5.93. The molecular formula is C19H27N5O. The third kappa shape index (κ3) is 4.53. The first-order valence-electron chi connectivity index (χ1n) is 9.13. The number of hydrogen-bond donors (Lipinski definition) is 2. The van der Waals surface area contributed by atoms with Gasteiger partial charge >= 0.3 is 0 Å². The molecule has 0 radical (unpaired) electrons. The van der Waals surface area contributed by atoms with Crippen molar-refractivity contribution in [2.75, 3.05) is 35.6 Å². The second-order valence-electron chi connectivity index (χ2n) is 6.36. The fourth-order valence-corrected chi connectivity index (χ4v) is 2.95. The molecule has 134 valence electrons. The summed E-state index contributed by atoms with van der Waals surface area (Å²) in [6, 6.07) is 7.87. The first-order chi connectivity index (χ1) is 12.3. The number of ether oxygens (including phenoxy) is 1. The molecule has 2 heterocycles. The van der Waals surface area contributed by atoms with Crippen LogP contribution in [0.25, 0.3) is 0 Å². The van der Waals surface area contributed by atoms with Crippen molar-refractivity contribution in [2.24, 2.45) is 0 Å². The lowest BCUT2D eigenvalue weighted by Crippen LogP contribution is -2.31. The van der Waals surface area contributed by atoms with Crippen molar-refractivity contribution in [3.8, 4) is 5.75 Å². The van der Waals surface area contributed by atoms with E-state index in [0.717, 1.165) is 49.8 Å². The zero-order chi connectivity index (χ0) is 17.5. The van der Waals surface area contributed by atoms with Crippen LogP contribution in [0.5, 0.6) is 5.75 Å². The zero-order valence-electron chi connectivity index (χ0n) is 14.9. The summed E-state index contributed by atoms with van der Waals surface area (Å²) in [5.41, 5.74) is 7.85. The Labute approximate surface area is 149 Å². The average Bonchev–Trinajstić information content (AvgIpc) is 2.66. The molecule has 0 saturated carbocycles. The van der Waals surface area contributed by atoms with Gasteiger partial charge in [-0.2, -0.15) is 0 Å². The van der Waals surface area contributed by atoms with Gasteiger partial charge in [-0.15, -0.1) is 0 Å². The molecule has 6 nitrogen and oxygen atoms in total. The third-order valence-electron chi connectivity index (χ3n) is 4.40. The number of hydrogen-bond acceptors (Lipinski definition) is 6. The van der Waals surface area contributed by atoms with Gasteiger partial charge in [-0.3, -0.25) is 0 Å². The molecule has 1 aromatic carbocycles. The van der Waals surface area contributed by atoms with Gasteiger partial charge in [-0.1, -0.05) is 13.3 Å². The van der Waals surface area contributed by atoms with Crippen LogP contribution in [0, 0.1) is 0 Å². The van der Waals surface area contributed by atoms with Crippen molar-refractivity contribution in [1.82, 2.24) is 9.97 Å². The number of anilines is 4. The molecule has 1 aliphatic heterocycles. The molecule has 0 atom stereocenters. The van der Waals surface area contributed by atoms with E-state index in [2.05, 4.69) is 27.1 Å². The monoisotopic (exact) mass is 341 g/mol. The predicted octanol–water partition coefficient (Wildman–Crippen LogP) is 3.97. The normalized spacial score (nSPS) is 14.4. The number of nitrogens with zero attached hydrogens (tertiary/aromatic N) is 3. The lowest BCUT2D eigenvalue weighted by Gasteiger charge is -2.28. The van der Waals surface area contributed by atoms with E-state index in [4.69, 9.17) is 10.5 Å². The Bertz CT molecular complexity index is 668. The molecule has 0 unspecified atom stereocenters. The van der Waals surface area contributed by atoms with E-state index in [1.807, 2.05) is 24.3 Å². The van der Waals surface area contributed by atoms with Crippen LogP contribution in [-0.2, 0) is 0 Å². The van der Waals surface area contributed by atoms with Gasteiger partial charge in [-0.25, -0.2) is 9.97 Å². The second-order valence-corrected chi connectivity index (χ2v) is 6.36. The summed E-state index contributed by atoms with van der Waals surface area (Å²) in [5, 5.41) is 3.29. The van der Waals surface area contributed by atoms with Gasteiger partial charge in [0.05, 0.1) is 6.61 Å². The molecule has 0 amide bonds. The first kappa shape index (κ1) is 17.3. The van der Waals surface area contributed by atoms with Crippen molar-refractivity contribution in [3.63, 3.8) is 0 Å². The van der Waals surface area contributed by atoms with E-state index >= 15 is 0 Å². The molecule has 3 N–H and O–H groups in total. The quantitative estimate of drug-likeness (QED) is 0.742. The maximum absolute atomic E-state index is 6.32. The Morgan fingerprint density at radius 3 is 2.60 bits per heavy atom. The van der Waals surface area contributed by atoms with Gasteiger partial charge in [0.15, 0.2) is 11.6 Å². The van der Waals surface area contributed by atoms with E-state index in [1.54, 1.807) is 6.33 Å². The number of benzene rings is 1. The molecule has 3 rings (SSSR count). The second kappa shape index (κ2) is 8.55. The topological polar surface area (TPSA) is 76.3 Å². The highest BCUT2D eigenvalue weighted by atomic mass is 16.5. The minimum absolute atomic E-state index is 0.604. The van der Waals surface area contributed by atoms with E-state index in [-0.39, 0.29) is 0 Å². The molecule has 6 heteroatoms. The van der Waals surface area contributed by atoms with Crippen LogP contribution in [0.4, 0.5) is 23.0 Å². The Hall–Kier alpha value is -2.50. The minimum Gasteiger partial charge on any atom is -0.494 e. The van der Waals surface area contributed by atoms with Gasteiger partial charge in [0.2, 0.25) is 0 Å². The van der Waals surface area contributed by atoms with Crippen LogP contribution >= 0.6 is 0 Å². The number of aromatic nitrogens is 2. The van der Waals surface area contributed by atoms with Crippen molar-refractivity contribution >= 4 is 23.0 Å². The predicted molar refractivity (Wildman–Crippen MR) is 103 cm³/mol. The molecule has 2 aromatic rings. The molecular weight excluding hydrogens is 314 g/mol. The summed E-state index contributed by atoms with van der Waals surface area (Å²) in [6.07, 6.45) is 7.42. The number of nitrogens with two attached hydrogens (primary N) is 1. The smallest absolute Gasteiger partial charge is 0.159 e. The van der Waals surface area contributed by atoms with E-state index < -0.39 is 0 Å². The van der Waals surface area contributed by atoms with Crippen LogP contribution < -0.4 is 20.7 Å². The number of unbranched alkanes of at least 4 members (excludes halogenated alkanes) is 1. The SMILES string of the molecule is CCCCOc1ccc(Nc2ncnc(N3CCCCC3)c2N)cc1. The van der Waals surface area contributed by atoms with E-state index in [0.29, 0.717) is 11.5 Å². The molecule has 1 saturated heterocycles. The van der Waals surface area contributed by atoms with Crippen LogP contribution in [0.15, 0.2) is 30.6 Å². The summed E-state index contributed by atoms with van der Waals surface area (Å²) in [6.45, 7) is 4.91. The van der Waals surface area contributed by atoms with Crippen LogP contribution in [0.2, 0.25) is 0 Å². The van der Waals surface area contributed by atoms with Gasteiger partial charge in [-0.05, 0) is 49.9 Å². The Morgan fingerprint density at radius 1 is 1.12 bits per heavy atom. The summed E-state index contributed by atoms with van der Waals surface area (Å²) in [4.78, 5) is 10.9. The number of rotatable bonds is 7. The number of nitrogens with one attached hydrogen (secondary N) is 1. The zero-order valence-corrected chi connectivity index (χ0v) is 14.9. The molecule has 0 aliphatic carbocycles. The first-order valence-corrected chi connectivity index (χ1v) is 9.13. The molecule has 25 heavy (non-hydrogen) atoms. The van der Waals surface area contributed by atoms with Gasteiger partial charge < -0.3 is 20.7 Å². The van der Waals surface area contributed by atoms with Gasteiger partial charge in [0, 0.05) is 18.8 Å². The molecule has 0 bridgehead atoms. The van der Waals surface area contributed by atoms with Crippen molar-refractivity contribution in [2.45, 2.75) is 39.0 Å². The van der Waals surface area contributed by atoms with Crippen molar-refractivity contribution in [1.29, 1.82) is 0 Å². The third-order valence-corrected chi connectivity index (χ3v) is 4.40. The lowest BCUT2D eigenvalue weighted by molar-refractivity contribution is 0.309. The van der Waals surface area contributed by atoms with Crippen LogP contribution in [0.1, 0.15) is 39.0 Å². The molecule has 1 aliphatic rings. The summed E-state index contributed by atoms with van der Waals surface area (Å²) in [5.74, 6) is 2.36. The Morgan fingerprint density at radius 2 is 1.88 bits per heavy atom. The highest BCUT2D eigenvalue weighted by Crippen LogP contribution is 2.30. The highest BCUT2D eigenvalue weighted by Gasteiger charge is 2.17. The summed E-state index contributed by atoms with van der Waals surface area (Å²) < 4.78 is 5.69. The van der Waals surface area contributed by atoms with Gasteiger partial charge in [0.1, 0.15) is 17.8 Å². The fourth-order valence-electron chi connectivity index (χ4n) is 2.95. The van der Waals surface area contributed by atoms with Crippen molar-refractivity contribution in [3.05, 3.63) is 30.6 Å². The largest absolute Gasteiger partial charge is 0.494 e. The van der Waals surface area contributed by atoms with Crippen LogP contribution in [-0.4, -0.2) is 29.7 Å². The fraction of sp³-hybridized carbons (Fsp3) is 0.474. The van der Waals surface area contributed by atoms with Crippen LogP contribution in [0.3, 0.4) is 0 Å². The van der Waals surface area contributed by atoms with E-state index in [9.17, 15) is 0 Å². The molecule has 1 aromatic heterocycles. The highest BCUT2D eigenvalue weighted by molar-refractivity contribution is 5.78. The van der Waals surface area contributed by atoms with Gasteiger partial charge in [0.25, 0.3) is 0 Å². The minimum atomic E-state index is 0.604. The molecule has 0 spiro atoms. The Balaban J connectivity index is 1.68. The number of piperidine rings is 1. The molecule has 1 fully saturated rings. The van der Waals surface area contributed by atoms with Crippen molar-refractivity contribution < 1.29 is 4.74 Å². The summed E-state index contributed by atoms with van der Waals surface area (Å²) >= 11 is 0. The standard InChI is InChI=1S/C19H27N5O/c1-2-3-13-25-16-9-7-15(8-10-16)23-18-17(20)19(22-14-21-18)24-11-5-4-6-12-24/h7-10,14H,2-6,11-13,20H2,1H3,(H,21,22,23). The average molecular weight is 341 g/mol. The maximum Gasteiger partial charge on any atom is 0.159 e. The van der Waals surface area contributed by atoms with E-state index in [1.165, 1.54) is 19.3 Å². The maximum atomic E-state index is 6.32.